The highest BCUT2D eigenvalue weighted by Gasteiger charge is 2.41. The van der Waals surface area contributed by atoms with Crippen LogP contribution in [0.25, 0.3) is 11.2 Å². The molecule has 4 heterocycles. The monoisotopic (exact) mass is 426 g/mol. The SMILES string of the molecule is COc1c(C(=O)NC2CC3CCC(C2)N3Cc2ccc(Cl)cc2)oc2nccnc12. The minimum Gasteiger partial charge on any atom is -0.491 e. The molecule has 156 valence electrons. The molecule has 2 unspecified atom stereocenters. The Hall–Kier alpha value is -2.64. The standard InChI is InChI=1S/C22H23ClN4O3/c1-29-19-18-22(25-9-8-24-18)30-20(19)21(28)26-15-10-16-6-7-17(11-15)27(16)12-13-2-4-14(23)5-3-13/h2-5,8-9,15-17H,6-7,10-12H2,1H3,(H,26,28). The summed E-state index contributed by atoms with van der Waals surface area (Å²) in [4.78, 5) is 23.8. The molecule has 2 aromatic heterocycles. The second-order valence-electron chi connectivity index (χ2n) is 8.00. The molecule has 1 N–H and O–H groups in total. The van der Waals surface area contributed by atoms with Crippen LogP contribution in [0, 0.1) is 0 Å². The van der Waals surface area contributed by atoms with Crippen molar-refractivity contribution in [2.24, 2.45) is 0 Å². The zero-order valence-electron chi connectivity index (χ0n) is 16.7. The van der Waals surface area contributed by atoms with Crippen LogP contribution >= 0.6 is 11.6 Å². The predicted octanol–water partition coefficient (Wildman–Crippen LogP) is 3.81. The summed E-state index contributed by atoms with van der Waals surface area (Å²) >= 11 is 6.01. The number of piperidine rings is 1. The number of rotatable bonds is 5. The molecular weight excluding hydrogens is 404 g/mol. The summed E-state index contributed by atoms with van der Waals surface area (Å²) in [5, 5.41) is 3.91. The Morgan fingerprint density at radius 2 is 1.90 bits per heavy atom. The third-order valence-corrected chi connectivity index (χ3v) is 6.44. The van der Waals surface area contributed by atoms with Crippen molar-refractivity contribution in [1.82, 2.24) is 20.2 Å². The van der Waals surface area contributed by atoms with E-state index < -0.39 is 0 Å². The highest BCUT2D eigenvalue weighted by atomic mass is 35.5. The Morgan fingerprint density at radius 1 is 1.20 bits per heavy atom. The molecule has 1 aromatic carbocycles. The lowest BCUT2D eigenvalue weighted by molar-refractivity contribution is 0.0803. The maximum Gasteiger partial charge on any atom is 0.291 e. The Kier molecular flexibility index (Phi) is 5.08. The first kappa shape index (κ1) is 19.3. The van der Waals surface area contributed by atoms with Crippen LogP contribution < -0.4 is 10.1 Å². The first-order valence-corrected chi connectivity index (χ1v) is 10.6. The number of carbonyl (C=O) groups is 1. The van der Waals surface area contributed by atoms with Crippen LogP contribution in [0.4, 0.5) is 0 Å². The summed E-state index contributed by atoms with van der Waals surface area (Å²) < 4.78 is 11.0. The predicted molar refractivity (Wildman–Crippen MR) is 113 cm³/mol. The lowest BCUT2D eigenvalue weighted by Crippen LogP contribution is -2.49. The summed E-state index contributed by atoms with van der Waals surface area (Å²) in [5.41, 5.74) is 2.03. The van der Waals surface area contributed by atoms with Crippen molar-refractivity contribution >= 4 is 28.7 Å². The molecule has 0 spiro atoms. The Bertz CT molecular complexity index is 1050. The number of fused-ring (bicyclic) bond motifs is 3. The molecule has 2 atom stereocenters. The van der Waals surface area contributed by atoms with Crippen molar-refractivity contribution in [2.45, 2.75) is 50.4 Å². The van der Waals surface area contributed by atoms with E-state index in [0.29, 0.717) is 29.1 Å². The number of furan rings is 1. The normalized spacial score (nSPS) is 23.6. The van der Waals surface area contributed by atoms with Crippen LogP contribution in [0.15, 0.2) is 41.1 Å². The second-order valence-corrected chi connectivity index (χ2v) is 8.44. The number of nitrogens with one attached hydrogen (secondary N) is 1. The van der Waals surface area contributed by atoms with Gasteiger partial charge in [0, 0.05) is 42.1 Å². The van der Waals surface area contributed by atoms with E-state index in [1.807, 2.05) is 12.1 Å². The molecular formula is C22H23ClN4O3. The van der Waals surface area contributed by atoms with Gasteiger partial charge < -0.3 is 14.5 Å². The van der Waals surface area contributed by atoms with Gasteiger partial charge in [-0.25, -0.2) is 9.97 Å². The van der Waals surface area contributed by atoms with Gasteiger partial charge in [-0.3, -0.25) is 9.69 Å². The molecule has 7 nitrogen and oxygen atoms in total. The van der Waals surface area contributed by atoms with Crippen molar-refractivity contribution < 1.29 is 13.9 Å². The van der Waals surface area contributed by atoms with Crippen LogP contribution in [0.2, 0.25) is 5.02 Å². The molecule has 0 radical (unpaired) electrons. The van der Waals surface area contributed by atoms with Gasteiger partial charge in [-0.15, -0.1) is 0 Å². The maximum atomic E-state index is 12.9. The van der Waals surface area contributed by atoms with Gasteiger partial charge >= 0.3 is 0 Å². The summed E-state index contributed by atoms with van der Waals surface area (Å²) in [6.07, 6.45) is 7.25. The number of amides is 1. The molecule has 1 amide bonds. The lowest BCUT2D eigenvalue weighted by atomic mass is 9.96. The van der Waals surface area contributed by atoms with E-state index in [0.717, 1.165) is 37.3 Å². The number of carbonyl (C=O) groups excluding carboxylic acids is 1. The van der Waals surface area contributed by atoms with Gasteiger partial charge in [0.15, 0.2) is 11.3 Å². The van der Waals surface area contributed by atoms with Gasteiger partial charge in [0.2, 0.25) is 11.5 Å². The summed E-state index contributed by atoms with van der Waals surface area (Å²) in [5.74, 6) is 0.190. The second kappa shape index (κ2) is 7.89. The van der Waals surface area contributed by atoms with E-state index in [9.17, 15) is 4.79 Å². The molecule has 3 aromatic rings. The number of benzene rings is 1. The molecule has 0 saturated carbocycles. The Balaban J connectivity index is 1.28. The Labute approximate surface area is 179 Å². The molecule has 2 aliphatic heterocycles. The fraction of sp³-hybridized carbons (Fsp3) is 0.409. The van der Waals surface area contributed by atoms with E-state index in [-0.39, 0.29) is 17.7 Å². The fourth-order valence-electron chi connectivity index (χ4n) is 4.85. The molecule has 2 aliphatic rings. The number of nitrogens with zero attached hydrogens (tertiary/aromatic N) is 3. The van der Waals surface area contributed by atoms with E-state index in [2.05, 4.69) is 32.3 Å². The largest absolute Gasteiger partial charge is 0.491 e. The van der Waals surface area contributed by atoms with E-state index in [1.54, 1.807) is 6.20 Å². The molecule has 8 heteroatoms. The first-order chi connectivity index (χ1) is 14.6. The van der Waals surface area contributed by atoms with Gasteiger partial charge in [-0.1, -0.05) is 23.7 Å². The van der Waals surface area contributed by atoms with Crippen LogP contribution in [-0.2, 0) is 6.54 Å². The van der Waals surface area contributed by atoms with Crippen molar-refractivity contribution in [1.29, 1.82) is 0 Å². The van der Waals surface area contributed by atoms with E-state index >= 15 is 0 Å². The van der Waals surface area contributed by atoms with Gasteiger partial charge in [0.1, 0.15) is 0 Å². The van der Waals surface area contributed by atoms with E-state index in [1.165, 1.54) is 18.9 Å². The van der Waals surface area contributed by atoms with E-state index in [4.69, 9.17) is 20.8 Å². The highest BCUT2D eigenvalue weighted by Crippen LogP contribution is 2.37. The zero-order chi connectivity index (χ0) is 20.7. The summed E-state index contributed by atoms with van der Waals surface area (Å²) in [6, 6.07) is 9.09. The average molecular weight is 427 g/mol. The van der Waals surface area contributed by atoms with Crippen molar-refractivity contribution in [3.05, 3.63) is 53.0 Å². The number of aromatic nitrogens is 2. The molecule has 5 rings (SSSR count). The number of halogens is 1. The van der Waals surface area contributed by atoms with Gasteiger partial charge in [-0.2, -0.15) is 0 Å². The van der Waals surface area contributed by atoms with Gasteiger partial charge in [-0.05, 0) is 43.4 Å². The molecule has 0 aliphatic carbocycles. The van der Waals surface area contributed by atoms with Gasteiger partial charge in [0.25, 0.3) is 5.91 Å². The minimum absolute atomic E-state index is 0.107. The quantitative estimate of drug-likeness (QED) is 0.668. The average Bonchev–Trinajstić information content (AvgIpc) is 3.23. The summed E-state index contributed by atoms with van der Waals surface area (Å²) in [7, 11) is 1.51. The fourth-order valence-corrected chi connectivity index (χ4v) is 4.97. The number of hydrogen-bond donors (Lipinski definition) is 1. The molecule has 2 saturated heterocycles. The topological polar surface area (TPSA) is 80.5 Å². The lowest BCUT2D eigenvalue weighted by Gasteiger charge is -2.39. The first-order valence-electron chi connectivity index (χ1n) is 10.2. The maximum absolute atomic E-state index is 12.9. The minimum atomic E-state index is -0.276. The Morgan fingerprint density at radius 3 is 2.60 bits per heavy atom. The van der Waals surface area contributed by atoms with Crippen LogP contribution in [0.3, 0.4) is 0 Å². The smallest absolute Gasteiger partial charge is 0.291 e. The third kappa shape index (κ3) is 3.52. The molecule has 30 heavy (non-hydrogen) atoms. The number of methoxy groups -OCH3 is 1. The van der Waals surface area contributed by atoms with Crippen LogP contribution in [0.1, 0.15) is 41.8 Å². The number of hydrogen-bond acceptors (Lipinski definition) is 6. The molecule has 2 fully saturated rings. The third-order valence-electron chi connectivity index (χ3n) is 6.19. The number of ether oxygens (including phenoxy) is 1. The van der Waals surface area contributed by atoms with Crippen molar-refractivity contribution in [3.63, 3.8) is 0 Å². The van der Waals surface area contributed by atoms with Crippen molar-refractivity contribution in [3.8, 4) is 5.75 Å². The molecule has 2 bridgehead atoms. The summed E-state index contributed by atoms with van der Waals surface area (Å²) in [6.45, 7) is 0.919. The van der Waals surface area contributed by atoms with Crippen LogP contribution in [0.5, 0.6) is 5.75 Å². The van der Waals surface area contributed by atoms with Crippen molar-refractivity contribution in [2.75, 3.05) is 7.11 Å². The van der Waals surface area contributed by atoms with Crippen LogP contribution in [-0.4, -0.2) is 46.0 Å². The zero-order valence-corrected chi connectivity index (χ0v) is 17.4. The highest BCUT2D eigenvalue weighted by molar-refractivity contribution is 6.30. The van der Waals surface area contributed by atoms with Gasteiger partial charge in [0.05, 0.1) is 7.11 Å².